The van der Waals surface area contributed by atoms with Gasteiger partial charge in [0.05, 0.1) is 0 Å². The molecule has 0 aliphatic carbocycles. The van der Waals surface area contributed by atoms with Crippen molar-refractivity contribution in [1.29, 1.82) is 0 Å². The first kappa shape index (κ1) is 21.6. The van der Waals surface area contributed by atoms with Gasteiger partial charge < -0.3 is 10.1 Å². The zero-order chi connectivity index (χ0) is 21.2. The van der Waals surface area contributed by atoms with E-state index in [1.54, 1.807) is 6.07 Å². The van der Waals surface area contributed by atoms with E-state index in [0.717, 1.165) is 35.2 Å². The third-order valence-electron chi connectivity index (χ3n) is 4.89. The molecular formula is C21H25ClN2O4S. The molecule has 2 aromatic rings. The Morgan fingerprint density at radius 1 is 1.10 bits per heavy atom. The summed E-state index contributed by atoms with van der Waals surface area (Å²) in [5.74, 6) is -0.242. The molecule has 1 fully saturated rings. The average Bonchev–Trinajstić information content (AvgIpc) is 3.19. The Morgan fingerprint density at radius 2 is 1.72 bits per heavy atom. The van der Waals surface area contributed by atoms with Crippen LogP contribution in [0, 0.1) is 20.8 Å². The summed E-state index contributed by atoms with van der Waals surface area (Å²) in [6.45, 7) is 6.49. The van der Waals surface area contributed by atoms with Gasteiger partial charge in [-0.1, -0.05) is 29.3 Å². The number of nitrogens with one attached hydrogen (secondary N) is 1. The summed E-state index contributed by atoms with van der Waals surface area (Å²) in [4.78, 5) is 12.4. The minimum atomic E-state index is -3.72. The molecule has 1 aliphatic heterocycles. The van der Waals surface area contributed by atoms with E-state index in [1.165, 1.54) is 16.4 Å². The second-order valence-corrected chi connectivity index (χ2v) is 9.66. The Morgan fingerprint density at radius 3 is 2.34 bits per heavy atom. The van der Waals surface area contributed by atoms with Crippen molar-refractivity contribution >= 4 is 33.2 Å². The van der Waals surface area contributed by atoms with Crippen LogP contribution in [0.25, 0.3) is 0 Å². The van der Waals surface area contributed by atoms with E-state index in [4.69, 9.17) is 16.3 Å². The second-order valence-electron chi connectivity index (χ2n) is 7.31. The Kier molecular flexibility index (Phi) is 6.51. The van der Waals surface area contributed by atoms with Crippen LogP contribution in [0.1, 0.15) is 29.5 Å². The van der Waals surface area contributed by atoms with Crippen molar-refractivity contribution in [2.45, 2.75) is 38.5 Å². The topological polar surface area (TPSA) is 75.7 Å². The molecule has 1 aliphatic rings. The summed E-state index contributed by atoms with van der Waals surface area (Å²) in [7, 11) is -3.72. The van der Waals surface area contributed by atoms with Crippen molar-refractivity contribution < 1.29 is 17.9 Å². The first-order chi connectivity index (χ1) is 13.7. The fraction of sp³-hybridized carbons (Fsp3) is 0.381. The molecule has 0 atom stereocenters. The number of halogens is 1. The Hall–Kier alpha value is -2.09. The van der Waals surface area contributed by atoms with E-state index in [2.05, 4.69) is 5.32 Å². The summed E-state index contributed by atoms with van der Waals surface area (Å²) >= 11 is 6.03. The molecule has 0 bridgehead atoms. The minimum Gasteiger partial charge on any atom is -0.482 e. The summed E-state index contributed by atoms with van der Waals surface area (Å²) in [6.07, 6.45) is 1.65. The number of nitrogens with zero attached hydrogens (tertiary/aromatic N) is 1. The number of ether oxygens (including phenoxy) is 1. The molecule has 1 N–H and O–H groups in total. The lowest BCUT2D eigenvalue weighted by Gasteiger charge is -2.19. The number of hydrogen-bond acceptors (Lipinski definition) is 4. The number of amides is 1. The Bertz CT molecular complexity index is 1010. The van der Waals surface area contributed by atoms with Crippen LogP contribution in [0.4, 0.5) is 5.69 Å². The molecular weight excluding hydrogens is 412 g/mol. The molecule has 0 spiro atoms. The average molecular weight is 437 g/mol. The standard InChI is InChI=1S/C21H25ClN2O4S/c1-14-10-15(2)21(16(3)11-14)23-20(25)13-28-18-7-6-17(22)12-19(18)29(26,27)24-8-4-5-9-24/h6-7,10-12H,4-5,8-9,13H2,1-3H3,(H,23,25). The quantitative estimate of drug-likeness (QED) is 0.740. The van der Waals surface area contributed by atoms with Crippen molar-refractivity contribution in [3.63, 3.8) is 0 Å². The molecule has 6 nitrogen and oxygen atoms in total. The van der Waals surface area contributed by atoms with Crippen LogP contribution >= 0.6 is 11.6 Å². The number of rotatable bonds is 6. The van der Waals surface area contributed by atoms with E-state index in [0.29, 0.717) is 18.1 Å². The van der Waals surface area contributed by atoms with Crippen LogP contribution in [-0.4, -0.2) is 38.3 Å². The van der Waals surface area contributed by atoms with Crippen molar-refractivity contribution in [3.05, 3.63) is 52.0 Å². The normalized spacial score (nSPS) is 14.8. The van der Waals surface area contributed by atoms with E-state index in [9.17, 15) is 13.2 Å². The third kappa shape index (κ3) is 4.91. The lowest BCUT2D eigenvalue weighted by Crippen LogP contribution is -2.29. The number of anilines is 1. The van der Waals surface area contributed by atoms with Crippen LogP contribution in [-0.2, 0) is 14.8 Å². The lowest BCUT2D eigenvalue weighted by molar-refractivity contribution is -0.118. The van der Waals surface area contributed by atoms with Gasteiger partial charge in [0.15, 0.2) is 6.61 Å². The molecule has 0 radical (unpaired) electrons. The van der Waals surface area contributed by atoms with Gasteiger partial charge in [0.2, 0.25) is 10.0 Å². The number of sulfonamides is 1. The predicted octanol–water partition coefficient (Wildman–Crippen LogP) is 4.07. The minimum absolute atomic E-state index is 0.0117. The van der Waals surface area contributed by atoms with E-state index in [1.807, 2.05) is 32.9 Å². The molecule has 8 heteroatoms. The third-order valence-corrected chi connectivity index (χ3v) is 7.04. The highest BCUT2D eigenvalue weighted by molar-refractivity contribution is 7.89. The lowest BCUT2D eigenvalue weighted by atomic mass is 10.1. The monoisotopic (exact) mass is 436 g/mol. The van der Waals surface area contributed by atoms with Crippen molar-refractivity contribution in [2.24, 2.45) is 0 Å². The number of carbonyl (C=O) groups is 1. The molecule has 1 saturated heterocycles. The number of hydrogen-bond donors (Lipinski definition) is 1. The van der Waals surface area contributed by atoms with Crippen molar-refractivity contribution in [2.75, 3.05) is 25.0 Å². The Balaban J connectivity index is 1.77. The van der Waals surface area contributed by atoms with Crippen molar-refractivity contribution in [3.8, 4) is 5.75 Å². The molecule has 29 heavy (non-hydrogen) atoms. The van der Waals surface area contributed by atoms with Gasteiger partial charge in [-0.2, -0.15) is 4.31 Å². The van der Waals surface area contributed by atoms with Gasteiger partial charge in [-0.25, -0.2) is 8.42 Å². The van der Waals surface area contributed by atoms with Crippen molar-refractivity contribution in [1.82, 2.24) is 4.31 Å². The zero-order valence-corrected chi connectivity index (χ0v) is 18.4. The summed E-state index contributed by atoms with van der Waals surface area (Å²) in [6, 6.07) is 8.39. The molecule has 1 heterocycles. The highest BCUT2D eigenvalue weighted by Crippen LogP contribution is 2.31. The van der Waals surface area contributed by atoms with Gasteiger partial charge in [0.25, 0.3) is 5.91 Å². The maximum absolute atomic E-state index is 13.0. The molecule has 3 rings (SSSR count). The fourth-order valence-electron chi connectivity index (χ4n) is 3.57. The summed E-state index contributed by atoms with van der Waals surface area (Å²) in [5.41, 5.74) is 3.77. The second kappa shape index (κ2) is 8.73. The van der Waals surface area contributed by atoms with E-state index >= 15 is 0 Å². The highest BCUT2D eigenvalue weighted by atomic mass is 35.5. The van der Waals surface area contributed by atoms with Crippen LogP contribution in [0.5, 0.6) is 5.75 Å². The molecule has 1 amide bonds. The highest BCUT2D eigenvalue weighted by Gasteiger charge is 2.30. The molecule has 2 aromatic carbocycles. The number of aryl methyl sites for hydroxylation is 3. The Labute approximate surface area is 176 Å². The van der Waals surface area contributed by atoms with Gasteiger partial charge >= 0.3 is 0 Å². The fourth-order valence-corrected chi connectivity index (χ4v) is 5.48. The summed E-state index contributed by atoms with van der Waals surface area (Å²) in [5, 5.41) is 3.15. The van der Waals surface area contributed by atoms with Gasteiger partial charge in [-0.05, 0) is 62.9 Å². The van der Waals surface area contributed by atoms with E-state index < -0.39 is 10.0 Å². The predicted molar refractivity (Wildman–Crippen MR) is 114 cm³/mol. The maximum Gasteiger partial charge on any atom is 0.262 e. The van der Waals surface area contributed by atoms with E-state index in [-0.39, 0.29) is 23.2 Å². The number of benzene rings is 2. The van der Waals surface area contributed by atoms with Gasteiger partial charge in [0, 0.05) is 23.8 Å². The van der Waals surface area contributed by atoms with Crippen LogP contribution in [0.15, 0.2) is 35.2 Å². The smallest absolute Gasteiger partial charge is 0.262 e. The first-order valence-corrected chi connectivity index (χ1v) is 11.3. The molecule has 156 valence electrons. The van der Waals surface area contributed by atoms with Crippen LogP contribution in [0.3, 0.4) is 0 Å². The van der Waals surface area contributed by atoms with Crippen LogP contribution < -0.4 is 10.1 Å². The number of carbonyl (C=O) groups excluding carboxylic acids is 1. The molecule has 0 aromatic heterocycles. The maximum atomic E-state index is 13.0. The first-order valence-electron chi connectivity index (χ1n) is 9.48. The zero-order valence-electron chi connectivity index (χ0n) is 16.8. The van der Waals surface area contributed by atoms with Gasteiger partial charge in [-0.3, -0.25) is 4.79 Å². The van der Waals surface area contributed by atoms with Gasteiger partial charge in [-0.15, -0.1) is 0 Å². The summed E-state index contributed by atoms with van der Waals surface area (Å²) < 4.78 is 32.9. The molecule has 0 unspecified atom stereocenters. The molecule has 0 saturated carbocycles. The SMILES string of the molecule is Cc1cc(C)c(NC(=O)COc2ccc(Cl)cc2S(=O)(=O)N2CCCC2)c(C)c1. The largest absolute Gasteiger partial charge is 0.482 e. The van der Waals surface area contributed by atoms with Crippen LogP contribution in [0.2, 0.25) is 5.02 Å². The van der Waals surface area contributed by atoms with Gasteiger partial charge in [0.1, 0.15) is 10.6 Å².